The maximum absolute atomic E-state index is 11.8. The van der Waals surface area contributed by atoms with Gasteiger partial charge in [0.1, 0.15) is 5.82 Å². The summed E-state index contributed by atoms with van der Waals surface area (Å²) >= 11 is 0. The summed E-state index contributed by atoms with van der Waals surface area (Å²) in [6.07, 6.45) is 1.16. The standard InChI is InChI=1S/C14H22N4O/c1-3-18-8-7-12(10-18)9-15-14(19)17-13-6-4-5-11(2)16-13/h4-6,12H,3,7-10H2,1-2H3,(H2,15,16,17,19). The fourth-order valence-corrected chi connectivity index (χ4v) is 2.38. The molecular formula is C14H22N4O. The molecule has 1 aliphatic heterocycles. The number of urea groups is 1. The fraction of sp³-hybridized carbons (Fsp3) is 0.571. The second-order valence-electron chi connectivity index (χ2n) is 5.05. The van der Waals surface area contributed by atoms with E-state index in [1.807, 2.05) is 19.1 Å². The van der Waals surface area contributed by atoms with E-state index in [-0.39, 0.29) is 6.03 Å². The van der Waals surface area contributed by atoms with Crippen molar-refractivity contribution in [2.75, 3.05) is 31.5 Å². The molecule has 2 heterocycles. The second-order valence-corrected chi connectivity index (χ2v) is 5.05. The Morgan fingerprint density at radius 1 is 1.53 bits per heavy atom. The number of rotatable bonds is 4. The van der Waals surface area contributed by atoms with Crippen molar-refractivity contribution in [1.29, 1.82) is 0 Å². The van der Waals surface area contributed by atoms with E-state index in [1.54, 1.807) is 6.07 Å². The first-order valence-corrected chi connectivity index (χ1v) is 6.88. The Morgan fingerprint density at radius 2 is 2.37 bits per heavy atom. The Hall–Kier alpha value is -1.62. The highest BCUT2D eigenvalue weighted by Crippen LogP contribution is 2.14. The Balaban J connectivity index is 1.73. The third-order valence-corrected chi connectivity index (χ3v) is 3.50. The summed E-state index contributed by atoms with van der Waals surface area (Å²) < 4.78 is 0. The molecule has 1 aliphatic rings. The van der Waals surface area contributed by atoms with Gasteiger partial charge in [-0.25, -0.2) is 9.78 Å². The summed E-state index contributed by atoms with van der Waals surface area (Å²) in [5, 5.41) is 5.68. The van der Waals surface area contributed by atoms with E-state index in [9.17, 15) is 4.79 Å². The van der Waals surface area contributed by atoms with Crippen LogP contribution in [0.1, 0.15) is 19.0 Å². The van der Waals surface area contributed by atoms with Gasteiger partial charge in [-0.1, -0.05) is 13.0 Å². The molecule has 5 nitrogen and oxygen atoms in total. The van der Waals surface area contributed by atoms with E-state index in [0.29, 0.717) is 11.7 Å². The number of aryl methyl sites for hydroxylation is 1. The first-order chi connectivity index (χ1) is 9.17. The summed E-state index contributed by atoms with van der Waals surface area (Å²) in [6.45, 7) is 8.13. The average molecular weight is 262 g/mol. The van der Waals surface area contributed by atoms with Crippen LogP contribution in [-0.2, 0) is 0 Å². The average Bonchev–Trinajstić information content (AvgIpc) is 2.84. The molecule has 1 unspecified atom stereocenters. The highest BCUT2D eigenvalue weighted by molar-refractivity contribution is 5.88. The number of likely N-dealkylation sites (tertiary alicyclic amines) is 1. The van der Waals surface area contributed by atoms with Crippen molar-refractivity contribution in [1.82, 2.24) is 15.2 Å². The van der Waals surface area contributed by atoms with Crippen LogP contribution in [0.25, 0.3) is 0 Å². The monoisotopic (exact) mass is 262 g/mol. The van der Waals surface area contributed by atoms with Crippen molar-refractivity contribution in [3.05, 3.63) is 23.9 Å². The van der Waals surface area contributed by atoms with E-state index >= 15 is 0 Å². The lowest BCUT2D eigenvalue weighted by Gasteiger charge is -2.14. The molecule has 1 aromatic heterocycles. The van der Waals surface area contributed by atoms with Gasteiger partial charge in [0.05, 0.1) is 0 Å². The van der Waals surface area contributed by atoms with Gasteiger partial charge in [0.2, 0.25) is 0 Å². The minimum Gasteiger partial charge on any atom is -0.338 e. The maximum Gasteiger partial charge on any atom is 0.320 e. The van der Waals surface area contributed by atoms with Crippen LogP contribution in [0.5, 0.6) is 0 Å². The van der Waals surface area contributed by atoms with Crippen LogP contribution < -0.4 is 10.6 Å². The molecule has 1 atom stereocenters. The molecule has 2 N–H and O–H groups in total. The molecule has 0 aromatic carbocycles. The molecule has 0 aliphatic carbocycles. The minimum atomic E-state index is -0.173. The first-order valence-electron chi connectivity index (χ1n) is 6.88. The minimum absolute atomic E-state index is 0.173. The van der Waals surface area contributed by atoms with Gasteiger partial charge in [0, 0.05) is 18.8 Å². The summed E-state index contributed by atoms with van der Waals surface area (Å²) in [5.74, 6) is 1.16. The largest absolute Gasteiger partial charge is 0.338 e. The summed E-state index contributed by atoms with van der Waals surface area (Å²) in [4.78, 5) is 18.4. The van der Waals surface area contributed by atoms with Crippen LogP contribution in [-0.4, -0.2) is 42.1 Å². The van der Waals surface area contributed by atoms with Crippen molar-refractivity contribution in [2.24, 2.45) is 5.92 Å². The molecule has 1 saturated heterocycles. The molecule has 2 amide bonds. The molecule has 0 bridgehead atoms. The molecule has 104 valence electrons. The van der Waals surface area contributed by atoms with Gasteiger partial charge < -0.3 is 10.2 Å². The Labute approximate surface area is 114 Å². The number of hydrogen-bond acceptors (Lipinski definition) is 3. The van der Waals surface area contributed by atoms with Gasteiger partial charge in [-0.15, -0.1) is 0 Å². The highest BCUT2D eigenvalue weighted by Gasteiger charge is 2.21. The van der Waals surface area contributed by atoms with Gasteiger partial charge in [-0.05, 0) is 44.5 Å². The lowest BCUT2D eigenvalue weighted by atomic mass is 10.1. The molecule has 2 rings (SSSR count). The smallest absolute Gasteiger partial charge is 0.320 e. The Morgan fingerprint density at radius 3 is 3.05 bits per heavy atom. The summed E-state index contributed by atoms with van der Waals surface area (Å²) in [6, 6.07) is 5.41. The van der Waals surface area contributed by atoms with E-state index in [2.05, 4.69) is 27.4 Å². The normalized spacial score (nSPS) is 19.4. The molecular weight excluding hydrogens is 240 g/mol. The van der Waals surface area contributed by atoms with E-state index in [1.165, 1.54) is 0 Å². The predicted octanol–water partition coefficient (Wildman–Crippen LogP) is 1.85. The SMILES string of the molecule is CCN1CCC(CNC(=O)Nc2cccc(C)n2)C1. The third kappa shape index (κ3) is 4.21. The van der Waals surface area contributed by atoms with Crippen molar-refractivity contribution >= 4 is 11.8 Å². The number of aromatic nitrogens is 1. The van der Waals surface area contributed by atoms with Crippen molar-refractivity contribution in [3.8, 4) is 0 Å². The first kappa shape index (κ1) is 13.8. The molecule has 5 heteroatoms. The fourth-order valence-electron chi connectivity index (χ4n) is 2.38. The lowest BCUT2D eigenvalue weighted by Crippen LogP contribution is -2.34. The second kappa shape index (κ2) is 6.52. The highest BCUT2D eigenvalue weighted by atomic mass is 16.2. The predicted molar refractivity (Wildman–Crippen MR) is 76.2 cm³/mol. The van der Waals surface area contributed by atoms with Crippen LogP contribution in [0.2, 0.25) is 0 Å². The van der Waals surface area contributed by atoms with Gasteiger partial charge >= 0.3 is 6.03 Å². The van der Waals surface area contributed by atoms with Crippen molar-refractivity contribution in [2.45, 2.75) is 20.3 Å². The zero-order chi connectivity index (χ0) is 13.7. The number of nitrogens with zero attached hydrogens (tertiary/aromatic N) is 2. The zero-order valence-corrected chi connectivity index (χ0v) is 11.6. The number of carbonyl (C=O) groups excluding carboxylic acids is 1. The van der Waals surface area contributed by atoms with Crippen LogP contribution in [0.4, 0.5) is 10.6 Å². The molecule has 0 saturated carbocycles. The summed E-state index contributed by atoms with van der Waals surface area (Å²) in [5.41, 5.74) is 0.896. The van der Waals surface area contributed by atoms with Crippen molar-refractivity contribution < 1.29 is 4.79 Å². The summed E-state index contributed by atoms with van der Waals surface area (Å²) in [7, 11) is 0. The maximum atomic E-state index is 11.8. The molecule has 0 radical (unpaired) electrons. The number of pyridine rings is 1. The number of anilines is 1. The van der Waals surface area contributed by atoms with Crippen molar-refractivity contribution in [3.63, 3.8) is 0 Å². The molecule has 0 spiro atoms. The quantitative estimate of drug-likeness (QED) is 0.870. The van der Waals surface area contributed by atoms with Crippen LogP contribution >= 0.6 is 0 Å². The van der Waals surface area contributed by atoms with Crippen LogP contribution in [0.3, 0.4) is 0 Å². The Kier molecular flexibility index (Phi) is 4.74. The third-order valence-electron chi connectivity index (χ3n) is 3.50. The molecule has 19 heavy (non-hydrogen) atoms. The zero-order valence-electron chi connectivity index (χ0n) is 11.6. The lowest BCUT2D eigenvalue weighted by molar-refractivity contribution is 0.249. The molecule has 1 aromatic rings. The molecule has 1 fully saturated rings. The number of hydrogen-bond donors (Lipinski definition) is 2. The number of amides is 2. The Bertz CT molecular complexity index is 435. The van der Waals surface area contributed by atoms with Gasteiger partial charge in [-0.2, -0.15) is 0 Å². The van der Waals surface area contributed by atoms with E-state index < -0.39 is 0 Å². The van der Waals surface area contributed by atoms with Gasteiger partial charge in [0.25, 0.3) is 0 Å². The van der Waals surface area contributed by atoms with Crippen LogP contribution in [0.15, 0.2) is 18.2 Å². The van der Waals surface area contributed by atoms with Crippen LogP contribution in [0, 0.1) is 12.8 Å². The van der Waals surface area contributed by atoms with E-state index in [0.717, 1.165) is 38.3 Å². The topological polar surface area (TPSA) is 57.3 Å². The number of nitrogens with one attached hydrogen (secondary N) is 2. The number of carbonyl (C=O) groups is 1. The van der Waals surface area contributed by atoms with E-state index in [4.69, 9.17) is 0 Å². The van der Waals surface area contributed by atoms with Gasteiger partial charge in [-0.3, -0.25) is 5.32 Å². The van der Waals surface area contributed by atoms with Gasteiger partial charge in [0.15, 0.2) is 0 Å².